The second-order valence-corrected chi connectivity index (χ2v) is 2.80. The van der Waals surface area contributed by atoms with Crippen molar-refractivity contribution in [3.05, 3.63) is 11.3 Å². The first-order chi connectivity index (χ1) is 6.24. The molecule has 0 saturated carbocycles. The Bertz CT molecular complexity index is 358. The predicted molar refractivity (Wildman–Crippen MR) is 45.0 cm³/mol. The van der Waals surface area contributed by atoms with Crippen molar-refractivity contribution in [2.45, 2.75) is 13.1 Å². The number of ether oxygens (including phenoxy) is 1. The van der Waals surface area contributed by atoms with Gasteiger partial charge in [-0.3, -0.25) is 0 Å². The topological polar surface area (TPSA) is 82.2 Å². The number of nitrogen functional groups attached to an aromatic ring is 1. The molecular weight excluding hydrogens is 172 g/mol. The summed E-state index contributed by atoms with van der Waals surface area (Å²) in [6.45, 7) is 1.27. The third-order valence-electron chi connectivity index (χ3n) is 2.06. The fraction of sp³-hybridized carbons (Fsp3) is 0.429. The predicted octanol–water partition coefficient (Wildman–Crippen LogP) is -0.317. The molecule has 1 aliphatic rings. The van der Waals surface area contributed by atoms with Crippen molar-refractivity contribution in [3.8, 4) is 0 Å². The van der Waals surface area contributed by atoms with Crippen molar-refractivity contribution in [1.29, 1.82) is 0 Å². The normalized spacial score (nSPS) is 14.2. The van der Waals surface area contributed by atoms with Crippen LogP contribution in [0.3, 0.4) is 0 Å². The number of nitrogens with zero attached hydrogens (tertiary/aromatic N) is 2. The molecule has 0 aromatic carbocycles. The number of hydrogen-bond donors (Lipinski definition) is 2. The molecule has 0 spiro atoms. The Labute approximate surface area is 74.7 Å². The SMILES string of the molecule is COC(=O)n1nc(N)c2c1CNC2. The highest BCUT2D eigenvalue weighted by molar-refractivity contribution is 5.72. The number of methoxy groups -OCH3 is 1. The molecule has 13 heavy (non-hydrogen) atoms. The van der Waals surface area contributed by atoms with Gasteiger partial charge in [-0.05, 0) is 0 Å². The third-order valence-corrected chi connectivity index (χ3v) is 2.06. The van der Waals surface area contributed by atoms with Crippen LogP contribution in [0.1, 0.15) is 11.3 Å². The van der Waals surface area contributed by atoms with Crippen LogP contribution >= 0.6 is 0 Å². The molecule has 0 unspecified atom stereocenters. The van der Waals surface area contributed by atoms with Crippen molar-refractivity contribution in [3.63, 3.8) is 0 Å². The minimum absolute atomic E-state index is 0.394. The first kappa shape index (κ1) is 8.06. The molecule has 2 rings (SSSR count). The van der Waals surface area contributed by atoms with Gasteiger partial charge in [0.15, 0.2) is 5.82 Å². The summed E-state index contributed by atoms with van der Waals surface area (Å²) in [6, 6.07) is 0. The molecule has 0 amide bonds. The highest BCUT2D eigenvalue weighted by atomic mass is 16.5. The Hall–Kier alpha value is -1.56. The van der Waals surface area contributed by atoms with Gasteiger partial charge in [0.05, 0.1) is 12.8 Å². The summed E-state index contributed by atoms with van der Waals surface area (Å²) in [5, 5.41) is 6.96. The number of carbonyl (C=O) groups excluding carboxylic acids is 1. The molecule has 1 aliphatic heterocycles. The second kappa shape index (κ2) is 2.74. The number of rotatable bonds is 0. The van der Waals surface area contributed by atoms with Gasteiger partial charge in [0, 0.05) is 18.7 Å². The van der Waals surface area contributed by atoms with E-state index in [2.05, 4.69) is 15.2 Å². The van der Waals surface area contributed by atoms with E-state index in [9.17, 15) is 4.79 Å². The summed E-state index contributed by atoms with van der Waals surface area (Å²) in [7, 11) is 1.31. The van der Waals surface area contributed by atoms with E-state index < -0.39 is 6.09 Å². The zero-order valence-electron chi connectivity index (χ0n) is 7.20. The summed E-state index contributed by atoms with van der Waals surface area (Å²) < 4.78 is 5.75. The zero-order valence-corrected chi connectivity index (χ0v) is 7.20. The Kier molecular flexibility index (Phi) is 1.70. The van der Waals surface area contributed by atoms with Crippen molar-refractivity contribution in [2.75, 3.05) is 12.8 Å². The van der Waals surface area contributed by atoms with Crippen molar-refractivity contribution < 1.29 is 9.53 Å². The number of nitrogens with two attached hydrogens (primary N) is 1. The molecule has 0 aliphatic carbocycles. The molecule has 3 N–H and O–H groups in total. The van der Waals surface area contributed by atoms with Gasteiger partial charge in [-0.2, -0.15) is 4.68 Å². The van der Waals surface area contributed by atoms with Crippen molar-refractivity contribution in [1.82, 2.24) is 15.1 Å². The molecule has 2 heterocycles. The fourth-order valence-electron chi connectivity index (χ4n) is 1.42. The van der Waals surface area contributed by atoms with Crippen molar-refractivity contribution in [2.24, 2.45) is 0 Å². The number of anilines is 1. The quantitative estimate of drug-likeness (QED) is 0.574. The van der Waals surface area contributed by atoms with E-state index in [4.69, 9.17) is 5.73 Å². The number of nitrogens with one attached hydrogen (secondary N) is 1. The Balaban J connectivity index is 2.48. The first-order valence-corrected chi connectivity index (χ1v) is 3.89. The van der Waals surface area contributed by atoms with Gasteiger partial charge in [0.2, 0.25) is 0 Å². The van der Waals surface area contributed by atoms with E-state index in [1.54, 1.807) is 0 Å². The minimum Gasteiger partial charge on any atom is -0.451 e. The lowest BCUT2D eigenvalue weighted by molar-refractivity contribution is 0.168. The molecular formula is C7H10N4O2. The van der Waals surface area contributed by atoms with Crippen LogP contribution in [0.15, 0.2) is 0 Å². The maximum Gasteiger partial charge on any atom is 0.434 e. The highest BCUT2D eigenvalue weighted by Crippen LogP contribution is 2.21. The van der Waals surface area contributed by atoms with E-state index in [0.29, 0.717) is 18.9 Å². The third kappa shape index (κ3) is 1.06. The molecule has 0 fully saturated rings. The van der Waals surface area contributed by atoms with Gasteiger partial charge < -0.3 is 15.8 Å². The van der Waals surface area contributed by atoms with Crippen LogP contribution in [0.25, 0.3) is 0 Å². The Morgan fingerprint density at radius 1 is 1.69 bits per heavy atom. The average molecular weight is 182 g/mol. The summed E-state index contributed by atoms with van der Waals surface area (Å²) in [5.74, 6) is 0.394. The largest absolute Gasteiger partial charge is 0.451 e. The van der Waals surface area contributed by atoms with Crippen LogP contribution in [0.4, 0.5) is 10.6 Å². The van der Waals surface area contributed by atoms with Crippen LogP contribution in [0.5, 0.6) is 0 Å². The maximum atomic E-state index is 11.2. The van der Waals surface area contributed by atoms with Crippen LogP contribution in [0.2, 0.25) is 0 Å². The summed E-state index contributed by atoms with van der Waals surface area (Å²) in [6.07, 6.45) is -0.503. The monoisotopic (exact) mass is 182 g/mol. The fourth-order valence-corrected chi connectivity index (χ4v) is 1.42. The molecule has 0 radical (unpaired) electrons. The van der Waals surface area contributed by atoms with Crippen LogP contribution in [0, 0.1) is 0 Å². The lowest BCUT2D eigenvalue weighted by Gasteiger charge is -2.00. The standard InChI is InChI=1S/C7H10N4O2/c1-13-7(12)11-5-3-9-2-4(5)6(8)10-11/h9H,2-3H2,1H3,(H2,8,10). The molecule has 0 bridgehead atoms. The van der Waals surface area contributed by atoms with Crippen LogP contribution in [-0.2, 0) is 17.8 Å². The van der Waals surface area contributed by atoms with E-state index >= 15 is 0 Å². The van der Waals surface area contributed by atoms with Gasteiger partial charge in [-0.25, -0.2) is 4.79 Å². The number of fused-ring (bicyclic) bond motifs is 1. The van der Waals surface area contributed by atoms with E-state index in [1.165, 1.54) is 11.8 Å². The van der Waals surface area contributed by atoms with Crippen LogP contribution < -0.4 is 11.1 Å². The van der Waals surface area contributed by atoms with E-state index in [1.807, 2.05) is 0 Å². The second-order valence-electron chi connectivity index (χ2n) is 2.80. The van der Waals surface area contributed by atoms with Gasteiger partial charge >= 0.3 is 6.09 Å². The van der Waals surface area contributed by atoms with Gasteiger partial charge in [-0.15, -0.1) is 5.10 Å². The smallest absolute Gasteiger partial charge is 0.434 e. The Morgan fingerprint density at radius 3 is 3.15 bits per heavy atom. The van der Waals surface area contributed by atoms with Gasteiger partial charge in [0.1, 0.15) is 0 Å². The highest BCUT2D eigenvalue weighted by Gasteiger charge is 2.23. The molecule has 0 atom stereocenters. The Morgan fingerprint density at radius 2 is 2.46 bits per heavy atom. The molecule has 1 aromatic rings. The zero-order chi connectivity index (χ0) is 9.42. The molecule has 70 valence electrons. The van der Waals surface area contributed by atoms with Crippen molar-refractivity contribution >= 4 is 11.9 Å². The number of hydrogen-bond acceptors (Lipinski definition) is 5. The number of aromatic nitrogens is 2. The first-order valence-electron chi connectivity index (χ1n) is 3.89. The molecule has 0 saturated heterocycles. The van der Waals surface area contributed by atoms with E-state index in [-0.39, 0.29) is 0 Å². The van der Waals surface area contributed by atoms with Gasteiger partial charge in [0.25, 0.3) is 0 Å². The molecule has 6 nitrogen and oxygen atoms in total. The molecule has 6 heteroatoms. The summed E-state index contributed by atoms with van der Waals surface area (Å²) >= 11 is 0. The minimum atomic E-state index is -0.503. The lowest BCUT2D eigenvalue weighted by atomic mass is 10.3. The summed E-state index contributed by atoms with van der Waals surface area (Å²) in [5.41, 5.74) is 7.30. The van der Waals surface area contributed by atoms with Crippen LogP contribution in [-0.4, -0.2) is 23.0 Å². The van der Waals surface area contributed by atoms with Gasteiger partial charge in [-0.1, -0.05) is 0 Å². The number of carbonyl (C=O) groups is 1. The lowest BCUT2D eigenvalue weighted by Crippen LogP contribution is -2.17. The summed E-state index contributed by atoms with van der Waals surface area (Å²) in [4.78, 5) is 11.2. The maximum absolute atomic E-state index is 11.2. The van der Waals surface area contributed by atoms with E-state index in [0.717, 1.165) is 11.3 Å². The molecule has 1 aromatic heterocycles. The average Bonchev–Trinajstić information content (AvgIpc) is 2.68.